The number of nitrogens with two attached hydrogens (primary N) is 2. The van der Waals surface area contributed by atoms with Crippen LogP contribution in [0.15, 0.2) is 30.5 Å². The van der Waals surface area contributed by atoms with Crippen molar-refractivity contribution in [3.05, 3.63) is 30.5 Å². The number of anilines is 4. The van der Waals surface area contributed by atoms with Gasteiger partial charge < -0.3 is 20.9 Å². The van der Waals surface area contributed by atoms with Crippen LogP contribution in [0.2, 0.25) is 0 Å². The summed E-state index contributed by atoms with van der Waals surface area (Å²) in [5, 5.41) is 13.9. The number of aliphatic hydroxyl groups excluding tert-OH is 1. The van der Waals surface area contributed by atoms with Gasteiger partial charge in [-0.1, -0.05) is 0 Å². The van der Waals surface area contributed by atoms with E-state index in [1.807, 2.05) is 24.3 Å². The molecule has 1 aliphatic rings. The molecule has 1 fully saturated rings. The Bertz CT molecular complexity index is 731. The van der Waals surface area contributed by atoms with Gasteiger partial charge in [0, 0.05) is 12.6 Å². The molecule has 0 amide bonds. The number of benzene rings is 1. The molecule has 8 nitrogen and oxygen atoms in total. The van der Waals surface area contributed by atoms with Crippen LogP contribution in [0.1, 0.15) is 32.1 Å². The number of hydrazine groups is 1. The highest BCUT2D eigenvalue weighted by Gasteiger charge is 2.22. The fourth-order valence-corrected chi connectivity index (χ4v) is 3.47. The van der Waals surface area contributed by atoms with Crippen molar-refractivity contribution in [2.45, 2.75) is 38.1 Å². The lowest BCUT2D eigenvalue weighted by molar-refractivity contribution is 0.225. The number of aliphatic hydroxyl groups is 1. The monoisotopic (exact) mass is 372 g/mol. The number of hydrogen-bond donors (Lipinski definition) is 4. The molecule has 0 spiro atoms. The fourth-order valence-electron chi connectivity index (χ4n) is 3.47. The molecule has 27 heavy (non-hydrogen) atoms. The number of hydrogen-bond acceptors (Lipinski definition) is 8. The molecule has 0 bridgehead atoms. The lowest BCUT2D eigenvalue weighted by Crippen LogP contribution is -2.29. The van der Waals surface area contributed by atoms with Crippen LogP contribution in [0.25, 0.3) is 0 Å². The number of nitrogen functional groups attached to an aromatic ring is 1. The molecule has 1 heterocycles. The topological polar surface area (TPSA) is 123 Å². The maximum absolute atomic E-state index is 9.08. The summed E-state index contributed by atoms with van der Waals surface area (Å²) < 4.78 is 5.17. The molecule has 6 N–H and O–H groups in total. The second-order valence-electron chi connectivity index (χ2n) is 6.91. The van der Waals surface area contributed by atoms with Crippen molar-refractivity contribution >= 4 is 23.1 Å². The van der Waals surface area contributed by atoms with E-state index in [2.05, 4.69) is 15.3 Å². The Balaban J connectivity index is 1.68. The zero-order valence-corrected chi connectivity index (χ0v) is 15.6. The predicted molar refractivity (Wildman–Crippen MR) is 107 cm³/mol. The van der Waals surface area contributed by atoms with E-state index in [-0.39, 0.29) is 6.61 Å². The van der Waals surface area contributed by atoms with E-state index in [9.17, 15) is 0 Å². The number of aromatic nitrogens is 2. The largest absolute Gasteiger partial charge is 0.497 e. The van der Waals surface area contributed by atoms with Crippen LogP contribution < -0.4 is 26.6 Å². The highest BCUT2D eigenvalue weighted by atomic mass is 16.5. The number of nitrogens with one attached hydrogen (secondary N) is 1. The molecule has 0 atom stereocenters. The third-order valence-corrected chi connectivity index (χ3v) is 5.09. The van der Waals surface area contributed by atoms with E-state index in [4.69, 9.17) is 21.4 Å². The summed E-state index contributed by atoms with van der Waals surface area (Å²) in [7, 11) is 1.62. The van der Waals surface area contributed by atoms with Gasteiger partial charge in [-0.3, -0.25) is 5.01 Å². The fraction of sp³-hybridized carbons (Fsp3) is 0.474. The van der Waals surface area contributed by atoms with Crippen molar-refractivity contribution in [2.24, 2.45) is 11.8 Å². The van der Waals surface area contributed by atoms with Crippen LogP contribution >= 0.6 is 0 Å². The van der Waals surface area contributed by atoms with E-state index in [1.54, 1.807) is 13.3 Å². The number of ether oxygens (including phenoxy) is 1. The summed E-state index contributed by atoms with van der Waals surface area (Å²) in [5.74, 6) is 8.57. The average molecular weight is 372 g/mol. The molecule has 1 aromatic carbocycles. The van der Waals surface area contributed by atoms with Gasteiger partial charge in [0.15, 0.2) is 5.82 Å². The number of methoxy groups -OCH3 is 1. The standard InChI is InChI=1S/C19H28N6O2/c1-27-16-8-6-15(7-9-16)25(21)18-17(20)12-22-19(24-18)23-14-4-2-13(3-5-14)10-11-26/h6-9,12-14,26H,2-5,10-11,20-21H2,1H3,(H,22,23,24). The van der Waals surface area contributed by atoms with Crippen LogP contribution in [0, 0.1) is 5.92 Å². The minimum absolute atomic E-state index is 0.269. The molecule has 0 aliphatic heterocycles. The highest BCUT2D eigenvalue weighted by molar-refractivity contribution is 5.70. The average Bonchev–Trinajstić information content (AvgIpc) is 2.70. The summed E-state index contributed by atoms with van der Waals surface area (Å²) in [6.07, 6.45) is 6.76. The second kappa shape index (κ2) is 8.88. The van der Waals surface area contributed by atoms with Crippen LogP contribution in [-0.2, 0) is 0 Å². The van der Waals surface area contributed by atoms with Crippen LogP contribution in [0.5, 0.6) is 5.75 Å². The van der Waals surface area contributed by atoms with Crippen molar-refractivity contribution in [3.8, 4) is 5.75 Å². The Kier molecular flexibility index (Phi) is 6.31. The predicted octanol–water partition coefficient (Wildman–Crippen LogP) is 2.43. The van der Waals surface area contributed by atoms with Gasteiger partial charge in [0.25, 0.3) is 0 Å². The summed E-state index contributed by atoms with van der Waals surface area (Å²) >= 11 is 0. The Morgan fingerprint density at radius 2 is 1.93 bits per heavy atom. The zero-order chi connectivity index (χ0) is 19.2. The molecule has 0 unspecified atom stereocenters. The molecule has 1 aromatic heterocycles. The summed E-state index contributed by atoms with van der Waals surface area (Å²) in [6.45, 7) is 0.269. The Morgan fingerprint density at radius 3 is 2.56 bits per heavy atom. The van der Waals surface area contributed by atoms with Gasteiger partial charge in [-0.25, -0.2) is 10.8 Å². The third-order valence-electron chi connectivity index (χ3n) is 5.09. The first-order valence-electron chi connectivity index (χ1n) is 9.29. The van der Waals surface area contributed by atoms with E-state index in [0.717, 1.165) is 43.5 Å². The molecule has 3 rings (SSSR count). The second-order valence-corrected chi connectivity index (χ2v) is 6.91. The molecule has 1 saturated carbocycles. The maximum Gasteiger partial charge on any atom is 0.225 e. The first-order chi connectivity index (χ1) is 13.1. The molecular weight excluding hydrogens is 344 g/mol. The molecule has 0 saturated heterocycles. The normalized spacial score (nSPS) is 19.5. The van der Waals surface area contributed by atoms with E-state index < -0.39 is 0 Å². The quantitative estimate of drug-likeness (QED) is 0.432. The molecule has 2 aromatic rings. The molecule has 0 radical (unpaired) electrons. The Labute approximate surface area is 159 Å². The lowest BCUT2D eigenvalue weighted by atomic mass is 9.84. The third kappa shape index (κ3) is 4.78. The van der Waals surface area contributed by atoms with Gasteiger partial charge >= 0.3 is 0 Å². The summed E-state index contributed by atoms with van der Waals surface area (Å²) in [4.78, 5) is 8.83. The molecule has 1 aliphatic carbocycles. The van der Waals surface area contributed by atoms with Crippen LogP contribution in [0.4, 0.5) is 23.1 Å². The maximum atomic E-state index is 9.08. The van der Waals surface area contributed by atoms with Gasteiger partial charge in [-0.2, -0.15) is 4.98 Å². The van der Waals surface area contributed by atoms with E-state index in [0.29, 0.717) is 29.4 Å². The van der Waals surface area contributed by atoms with Gasteiger partial charge in [0.2, 0.25) is 5.95 Å². The Hall–Kier alpha value is -2.58. The molecular formula is C19H28N6O2. The van der Waals surface area contributed by atoms with Gasteiger partial charge in [0.1, 0.15) is 5.75 Å². The van der Waals surface area contributed by atoms with Crippen molar-refractivity contribution in [2.75, 3.05) is 29.8 Å². The van der Waals surface area contributed by atoms with Gasteiger partial charge in [0.05, 0.1) is 24.7 Å². The van der Waals surface area contributed by atoms with Crippen molar-refractivity contribution in [1.29, 1.82) is 0 Å². The van der Waals surface area contributed by atoms with Crippen LogP contribution in [0.3, 0.4) is 0 Å². The summed E-state index contributed by atoms with van der Waals surface area (Å²) in [6, 6.07) is 7.67. The smallest absolute Gasteiger partial charge is 0.225 e. The van der Waals surface area contributed by atoms with Gasteiger partial charge in [-0.15, -0.1) is 0 Å². The van der Waals surface area contributed by atoms with Crippen molar-refractivity contribution < 1.29 is 9.84 Å². The van der Waals surface area contributed by atoms with E-state index >= 15 is 0 Å². The SMILES string of the molecule is COc1ccc(N(N)c2nc(NC3CCC(CCO)CC3)ncc2N)cc1. The first-order valence-corrected chi connectivity index (χ1v) is 9.29. The minimum Gasteiger partial charge on any atom is -0.497 e. The highest BCUT2D eigenvalue weighted by Crippen LogP contribution is 2.30. The van der Waals surface area contributed by atoms with Gasteiger partial charge in [-0.05, 0) is 62.3 Å². The first kappa shape index (κ1) is 19.2. The molecule has 8 heteroatoms. The van der Waals surface area contributed by atoms with Crippen molar-refractivity contribution in [1.82, 2.24) is 9.97 Å². The minimum atomic E-state index is 0.269. The zero-order valence-electron chi connectivity index (χ0n) is 15.6. The van der Waals surface area contributed by atoms with Crippen LogP contribution in [-0.4, -0.2) is 34.8 Å². The van der Waals surface area contributed by atoms with Crippen molar-refractivity contribution in [3.63, 3.8) is 0 Å². The summed E-state index contributed by atoms with van der Waals surface area (Å²) in [5.41, 5.74) is 7.20. The Morgan fingerprint density at radius 1 is 1.22 bits per heavy atom. The van der Waals surface area contributed by atoms with E-state index in [1.165, 1.54) is 5.01 Å². The molecule has 146 valence electrons. The lowest BCUT2D eigenvalue weighted by Gasteiger charge is -2.29. The number of rotatable bonds is 7. The number of nitrogens with zero attached hydrogens (tertiary/aromatic N) is 3.